The predicted octanol–water partition coefficient (Wildman–Crippen LogP) is 5.29. The molecule has 6 heteroatoms. The Morgan fingerprint density at radius 3 is 1.38 bits per heavy atom. The molecule has 0 amide bonds. The quantitative estimate of drug-likeness (QED) is 0.303. The molecule has 0 aliphatic rings. The van der Waals surface area contributed by atoms with Gasteiger partial charge in [-0.05, 0) is 73.6 Å². The van der Waals surface area contributed by atoms with Crippen LogP contribution in [-0.4, -0.2) is 48.6 Å². The van der Waals surface area contributed by atoms with Gasteiger partial charge >= 0.3 is 11.9 Å². The second-order valence-corrected chi connectivity index (χ2v) is 7.32. The number of carbonyl (C=O) groups excluding carboxylic acids is 2. The first-order chi connectivity index (χ1) is 15.7. The van der Waals surface area contributed by atoms with Crippen molar-refractivity contribution in [2.75, 3.05) is 26.4 Å². The number of esters is 2. The molecule has 0 heterocycles. The molecule has 178 valence electrons. The molecule has 2 aromatic rings. The molecule has 0 aliphatic carbocycles. The van der Waals surface area contributed by atoms with E-state index in [4.69, 9.17) is 19.7 Å². The van der Waals surface area contributed by atoms with E-state index in [1.165, 1.54) is 0 Å². The summed E-state index contributed by atoms with van der Waals surface area (Å²) in [5.74, 6) is -0.715. The topological polar surface area (TPSA) is 93.1 Å². The first-order valence-electron chi connectivity index (χ1n) is 11.8. The summed E-state index contributed by atoms with van der Waals surface area (Å²) in [7, 11) is 0. The SMILES string of the molecule is CC.O=C(OCCCCCCO)c1ccc2cc(C(=O)OCCCCCCO)ccc2c1. The number of hydrogen-bond acceptors (Lipinski definition) is 6. The predicted molar refractivity (Wildman–Crippen MR) is 127 cm³/mol. The molecule has 0 saturated heterocycles. The average molecular weight is 447 g/mol. The molecule has 0 spiro atoms. The zero-order chi connectivity index (χ0) is 23.6. The lowest BCUT2D eigenvalue weighted by molar-refractivity contribution is 0.0488. The van der Waals surface area contributed by atoms with Crippen molar-refractivity contribution in [3.05, 3.63) is 47.5 Å². The molecule has 2 N–H and O–H groups in total. The standard InChI is InChI=1S/C24H32O6.C2H6/c25-13-5-1-3-7-15-29-23(27)21-11-9-20-18-22(12-10-19(20)17-21)24(28)30-16-8-4-2-6-14-26;1-2/h9-12,17-18,25-26H,1-8,13-16H2;1-2H3. The second kappa shape index (κ2) is 17.2. The van der Waals surface area contributed by atoms with E-state index in [1.54, 1.807) is 36.4 Å². The third-order valence-electron chi connectivity index (χ3n) is 4.88. The molecule has 2 rings (SSSR count). The summed E-state index contributed by atoms with van der Waals surface area (Å²) in [6.45, 7) is 5.13. The number of hydrogen-bond donors (Lipinski definition) is 2. The van der Waals surface area contributed by atoms with Gasteiger partial charge in [-0.2, -0.15) is 0 Å². The van der Waals surface area contributed by atoms with Crippen LogP contribution < -0.4 is 0 Å². The van der Waals surface area contributed by atoms with Gasteiger partial charge in [0.25, 0.3) is 0 Å². The maximum absolute atomic E-state index is 12.2. The van der Waals surface area contributed by atoms with Crippen LogP contribution in [0.5, 0.6) is 0 Å². The fourth-order valence-electron chi connectivity index (χ4n) is 3.13. The van der Waals surface area contributed by atoms with Gasteiger partial charge in [-0.1, -0.05) is 38.8 Å². The number of fused-ring (bicyclic) bond motifs is 1. The van der Waals surface area contributed by atoms with Gasteiger partial charge in [0.1, 0.15) is 0 Å². The van der Waals surface area contributed by atoms with E-state index in [2.05, 4.69) is 0 Å². The molecule has 0 bridgehead atoms. The van der Waals surface area contributed by atoms with E-state index in [0.717, 1.165) is 62.1 Å². The number of aliphatic hydroxyl groups excluding tert-OH is 2. The van der Waals surface area contributed by atoms with Crippen LogP contribution in [0.3, 0.4) is 0 Å². The lowest BCUT2D eigenvalue weighted by atomic mass is 10.0. The summed E-state index contributed by atoms with van der Waals surface area (Å²) in [5, 5.41) is 19.2. The lowest BCUT2D eigenvalue weighted by Gasteiger charge is -2.08. The first-order valence-corrected chi connectivity index (χ1v) is 11.8. The summed E-state index contributed by atoms with van der Waals surface area (Å²) in [6.07, 6.45) is 6.83. The maximum atomic E-state index is 12.2. The van der Waals surface area contributed by atoms with Gasteiger partial charge in [-0.25, -0.2) is 9.59 Å². The molecule has 0 aliphatic heterocycles. The lowest BCUT2D eigenvalue weighted by Crippen LogP contribution is -2.07. The summed E-state index contributed by atoms with van der Waals surface area (Å²) >= 11 is 0. The largest absolute Gasteiger partial charge is 0.462 e. The van der Waals surface area contributed by atoms with Crippen molar-refractivity contribution >= 4 is 22.7 Å². The van der Waals surface area contributed by atoms with Gasteiger partial charge in [0.2, 0.25) is 0 Å². The highest BCUT2D eigenvalue weighted by Crippen LogP contribution is 2.19. The monoisotopic (exact) mass is 446 g/mol. The van der Waals surface area contributed by atoms with Crippen LogP contribution in [0.1, 0.15) is 85.9 Å². The van der Waals surface area contributed by atoms with Gasteiger partial charge in [0, 0.05) is 13.2 Å². The highest BCUT2D eigenvalue weighted by Gasteiger charge is 2.11. The fraction of sp³-hybridized carbons (Fsp3) is 0.538. The van der Waals surface area contributed by atoms with Crippen molar-refractivity contribution < 1.29 is 29.3 Å². The Labute approximate surface area is 191 Å². The Hall–Kier alpha value is -2.44. The van der Waals surface area contributed by atoms with Gasteiger partial charge in [0.05, 0.1) is 24.3 Å². The first kappa shape index (κ1) is 27.6. The van der Waals surface area contributed by atoms with E-state index in [9.17, 15) is 9.59 Å². The van der Waals surface area contributed by atoms with Crippen LogP contribution in [0.2, 0.25) is 0 Å². The zero-order valence-electron chi connectivity index (χ0n) is 19.5. The molecule has 6 nitrogen and oxygen atoms in total. The Bertz CT molecular complexity index is 735. The third kappa shape index (κ3) is 10.2. The van der Waals surface area contributed by atoms with Gasteiger partial charge in [-0.15, -0.1) is 0 Å². The molecular formula is C26H38O6. The van der Waals surface area contributed by atoms with Gasteiger partial charge in [-0.3, -0.25) is 0 Å². The number of carbonyl (C=O) groups is 2. The van der Waals surface area contributed by atoms with Crippen molar-refractivity contribution in [1.29, 1.82) is 0 Å². The highest BCUT2D eigenvalue weighted by atomic mass is 16.5. The maximum Gasteiger partial charge on any atom is 0.338 e. The van der Waals surface area contributed by atoms with Crippen LogP contribution in [0.25, 0.3) is 10.8 Å². The molecule has 0 atom stereocenters. The van der Waals surface area contributed by atoms with E-state index in [1.807, 2.05) is 13.8 Å². The zero-order valence-corrected chi connectivity index (χ0v) is 19.5. The summed E-state index contributed by atoms with van der Waals surface area (Å²) in [5.41, 5.74) is 0.965. The number of unbranched alkanes of at least 4 members (excludes halogenated alkanes) is 6. The molecule has 32 heavy (non-hydrogen) atoms. The van der Waals surface area contributed by atoms with E-state index in [-0.39, 0.29) is 25.2 Å². The highest BCUT2D eigenvalue weighted by molar-refractivity contribution is 5.99. The van der Waals surface area contributed by atoms with Crippen molar-refractivity contribution in [3.8, 4) is 0 Å². The van der Waals surface area contributed by atoms with Crippen molar-refractivity contribution in [1.82, 2.24) is 0 Å². The average Bonchev–Trinajstić information content (AvgIpc) is 2.83. The van der Waals surface area contributed by atoms with Crippen molar-refractivity contribution in [3.63, 3.8) is 0 Å². The van der Waals surface area contributed by atoms with Crippen LogP contribution in [0, 0.1) is 0 Å². The van der Waals surface area contributed by atoms with Crippen LogP contribution >= 0.6 is 0 Å². The van der Waals surface area contributed by atoms with Crippen molar-refractivity contribution in [2.24, 2.45) is 0 Å². The molecule has 0 fully saturated rings. The van der Waals surface area contributed by atoms with Crippen molar-refractivity contribution in [2.45, 2.75) is 65.2 Å². The minimum atomic E-state index is -0.358. The second-order valence-electron chi connectivity index (χ2n) is 7.32. The number of ether oxygens (including phenoxy) is 2. The third-order valence-corrected chi connectivity index (χ3v) is 4.88. The minimum absolute atomic E-state index is 0.196. The van der Waals surface area contributed by atoms with Gasteiger partial charge in [0.15, 0.2) is 0 Å². The summed E-state index contributed by atoms with van der Waals surface area (Å²) < 4.78 is 10.6. The normalized spacial score (nSPS) is 10.4. The van der Waals surface area contributed by atoms with Crippen LogP contribution in [-0.2, 0) is 9.47 Å². The molecule has 0 unspecified atom stereocenters. The summed E-state index contributed by atoms with van der Waals surface area (Å²) in [4.78, 5) is 24.4. The smallest absolute Gasteiger partial charge is 0.338 e. The fourth-order valence-corrected chi connectivity index (χ4v) is 3.13. The van der Waals surface area contributed by atoms with Crippen LogP contribution in [0.15, 0.2) is 36.4 Å². The molecule has 0 radical (unpaired) electrons. The molecule has 0 aromatic heterocycles. The van der Waals surface area contributed by atoms with Gasteiger partial charge < -0.3 is 19.7 Å². The van der Waals surface area contributed by atoms with E-state index in [0.29, 0.717) is 24.3 Å². The minimum Gasteiger partial charge on any atom is -0.462 e. The summed E-state index contributed by atoms with van der Waals surface area (Å²) in [6, 6.07) is 10.5. The van der Waals surface area contributed by atoms with E-state index < -0.39 is 0 Å². The Kier molecular flexibility index (Phi) is 14.8. The van der Waals surface area contributed by atoms with E-state index >= 15 is 0 Å². The number of rotatable bonds is 14. The molecular weight excluding hydrogens is 408 g/mol. The Morgan fingerprint density at radius 1 is 0.625 bits per heavy atom. The molecule has 0 saturated carbocycles. The number of aliphatic hydroxyl groups is 2. The van der Waals surface area contributed by atoms with Crippen LogP contribution in [0.4, 0.5) is 0 Å². The Balaban J connectivity index is 0.00000249. The Morgan fingerprint density at radius 2 is 1.00 bits per heavy atom. The number of benzene rings is 2. The molecule has 2 aromatic carbocycles.